The van der Waals surface area contributed by atoms with Gasteiger partial charge in [0.1, 0.15) is 0 Å². The van der Waals surface area contributed by atoms with E-state index in [1.54, 1.807) is 5.57 Å². The minimum Gasteiger partial charge on any atom is -0.393 e. The summed E-state index contributed by atoms with van der Waals surface area (Å²) in [5.74, 6) is 4.63. The van der Waals surface area contributed by atoms with Crippen LogP contribution in [0.2, 0.25) is 0 Å². The Bertz CT molecular complexity index is 536. The van der Waals surface area contributed by atoms with E-state index in [0.717, 1.165) is 42.4 Å². The number of hydrogen-bond donors (Lipinski definition) is 1. The average molecular weight is 345 g/mol. The van der Waals surface area contributed by atoms with Gasteiger partial charge < -0.3 is 5.11 Å². The summed E-state index contributed by atoms with van der Waals surface area (Å²) in [6.45, 7) is 10.1. The first-order chi connectivity index (χ1) is 11.9. The molecule has 0 aromatic carbocycles. The van der Waals surface area contributed by atoms with Gasteiger partial charge in [-0.2, -0.15) is 0 Å². The van der Waals surface area contributed by atoms with Gasteiger partial charge in [-0.25, -0.2) is 0 Å². The van der Waals surface area contributed by atoms with Crippen molar-refractivity contribution in [3.05, 3.63) is 11.6 Å². The second-order valence-corrected chi connectivity index (χ2v) is 10.7. The van der Waals surface area contributed by atoms with Crippen molar-refractivity contribution in [2.75, 3.05) is 0 Å². The van der Waals surface area contributed by atoms with E-state index in [1.165, 1.54) is 51.4 Å². The van der Waals surface area contributed by atoms with Gasteiger partial charge in [0.05, 0.1) is 6.10 Å². The van der Waals surface area contributed by atoms with Crippen LogP contribution in [0.1, 0.15) is 91.9 Å². The van der Waals surface area contributed by atoms with Crippen molar-refractivity contribution in [3.8, 4) is 0 Å². The Balaban J connectivity index is 1.60. The maximum Gasteiger partial charge on any atom is 0.0577 e. The molecule has 0 aromatic rings. The van der Waals surface area contributed by atoms with Crippen LogP contribution in [0.3, 0.4) is 0 Å². The van der Waals surface area contributed by atoms with Crippen LogP contribution in [0.25, 0.3) is 0 Å². The van der Waals surface area contributed by atoms with E-state index in [4.69, 9.17) is 0 Å². The summed E-state index contributed by atoms with van der Waals surface area (Å²) in [4.78, 5) is 0. The van der Waals surface area contributed by atoms with Crippen LogP contribution in [0, 0.1) is 40.4 Å². The minimum absolute atomic E-state index is 0.0736. The first-order valence-corrected chi connectivity index (χ1v) is 11.3. The SMILES string of the molecule is CCC[C@@H](C)[C@H]1CC[C@H]2[C@@H]3CC=C4CC(O)CC[C@]4(C)[C@H]3CC[C@]12C. The van der Waals surface area contributed by atoms with E-state index in [1.807, 2.05) is 0 Å². The molecule has 3 fully saturated rings. The Morgan fingerprint density at radius 1 is 1.12 bits per heavy atom. The Labute approximate surface area is 155 Å². The van der Waals surface area contributed by atoms with Crippen LogP contribution in [-0.2, 0) is 0 Å². The van der Waals surface area contributed by atoms with Crippen molar-refractivity contribution in [1.82, 2.24) is 0 Å². The number of allylic oxidation sites excluding steroid dienone is 1. The van der Waals surface area contributed by atoms with Gasteiger partial charge in [-0.3, -0.25) is 0 Å². The Hall–Kier alpha value is -0.300. The normalized spacial score (nSPS) is 50.4. The zero-order valence-electron chi connectivity index (χ0n) is 17.1. The molecule has 3 saturated carbocycles. The molecule has 1 unspecified atom stereocenters. The van der Waals surface area contributed by atoms with Crippen LogP contribution in [0.4, 0.5) is 0 Å². The van der Waals surface area contributed by atoms with Crippen molar-refractivity contribution in [1.29, 1.82) is 0 Å². The number of rotatable bonds is 3. The number of fused-ring (bicyclic) bond motifs is 5. The standard InChI is InChI=1S/C24H40O/c1-5-6-16(2)20-9-10-21-19-8-7-17-15-18(25)11-13-23(17,3)22(19)12-14-24(20,21)4/h7,16,18-22,25H,5-6,8-15H2,1-4H3/t16-,18?,19+,20-,21+,22+,23+,24-/m1/s1. The lowest BCUT2D eigenvalue weighted by Gasteiger charge is -2.58. The second kappa shape index (κ2) is 6.39. The fourth-order valence-electron chi connectivity index (χ4n) is 8.27. The third kappa shape index (κ3) is 2.67. The van der Waals surface area contributed by atoms with E-state index in [2.05, 4.69) is 33.8 Å². The molecule has 25 heavy (non-hydrogen) atoms. The molecule has 1 heteroatoms. The fraction of sp³-hybridized carbons (Fsp3) is 0.917. The topological polar surface area (TPSA) is 20.2 Å². The maximum atomic E-state index is 10.2. The molecule has 4 rings (SSSR count). The van der Waals surface area contributed by atoms with E-state index >= 15 is 0 Å². The molecule has 0 saturated heterocycles. The van der Waals surface area contributed by atoms with Crippen LogP contribution in [0.5, 0.6) is 0 Å². The zero-order chi connectivity index (χ0) is 17.8. The van der Waals surface area contributed by atoms with E-state index < -0.39 is 0 Å². The van der Waals surface area contributed by atoms with Crippen LogP contribution in [0.15, 0.2) is 11.6 Å². The third-order valence-corrected chi connectivity index (χ3v) is 9.58. The minimum atomic E-state index is -0.0736. The van der Waals surface area contributed by atoms with E-state index in [0.29, 0.717) is 10.8 Å². The first-order valence-electron chi connectivity index (χ1n) is 11.3. The summed E-state index contributed by atoms with van der Waals surface area (Å²) >= 11 is 0. The largest absolute Gasteiger partial charge is 0.393 e. The van der Waals surface area contributed by atoms with Gasteiger partial charge in [0, 0.05) is 0 Å². The van der Waals surface area contributed by atoms with Crippen molar-refractivity contribution in [3.63, 3.8) is 0 Å². The predicted octanol–water partition coefficient (Wildman–Crippen LogP) is 6.36. The summed E-state index contributed by atoms with van der Waals surface area (Å²) in [6, 6.07) is 0. The van der Waals surface area contributed by atoms with Crippen molar-refractivity contribution < 1.29 is 5.11 Å². The molecule has 8 atom stereocenters. The van der Waals surface area contributed by atoms with Gasteiger partial charge in [-0.05, 0) is 91.8 Å². The molecule has 0 heterocycles. The quantitative estimate of drug-likeness (QED) is 0.590. The molecule has 0 aliphatic heterocycles. The number of aliphatic hydroxyl groups is 1. The molecular weight excluding hydrogens is 304 g/mol. The highest BCUT2D eigenvalue weighted by Crippen LogP contribution is 2.67. The van der Waals surface area contributed by atoms with Crippen molar-refractivity contribution in [2.45, 2.75) is 98.0 Å². The summed E-state index contributed by atoms with van der Waals surface area (Å²) in [6.07, 6.45) is 15.6. The monoisotopic (exact) mass is 344 g/mol. The summed E-state index contributed by atoms with van der Waals surface area (Å²) < 4.78 is 0. The van der Waals surface area contributed by atoms with E-state index in [9.17, 15) is 5.11 Å². The van der Waals surface area contributed by atoms with Crippen LogP contribution in [-0.4, -0.2) is 11.2 Å². The molecule has 1 N–H and O–H groups in total. The molecule has 0 aromatic heterocycles. The summed E-state index contributed by atoms with van der Waals surface area (Å²) in [7, 11) is 0. The molecule has 142 valence electrons. The lowest BCUT2D eigenvalue weighted by Crippen LogP contribution is -2.50. The summed E-state index contributed by atoms with van der Waals surface area (Å²) in [5, 5.41) is 10.2. The lowest BCUT2D eigenvalue weighted by atomic mass is 9.47. The van der Waals surface area contributed by atoms with Crippen LogP contribution < -0.4 is 0 Å². The molecular formula is C24H40O. The molecule has 0 bridgehead atoms. The number of aliphatic hydroxyl groups excluding tert-OH is 1. The fourth-order valence-corrected chi connectivity index (χ4v) is 8.27. The van der Waals surface area contributed by atoms with E-state index in [-0.39, 0.29) is 6.10 Å². The van der Waals surface area contributed by atoms with Crippen molar-refractivity contribution in [2.24, 2.45) is 40.4 Å². The smallest absolute Gasteiger partial charge is 0.0577 e. The summed E-state index contributed by atoms with van der Waals surface area (Å²) in [5.41, 5.74) is 2.62. The van der Waals surface area contributed by atoms with Gasteiger partial charge >= 0.3 is 0 Å². The number of hydrogen-bond acceptors (Lipinski definition) is 1. The average Bonchev–Trinajstić information content (AvgIpc) is 2.93. The Kier molecular flexibility index (Phi) is 4.63. The van der Waals surface area contributed by atoms with Gasteiger partial charge in [0.2, 0.25) is 0 Å². The molecule has 0 amide bonds. The van der Waals surface area contributed by atoms with Gasteiger partial charge in [0.15, 0.2) is 0 Å². The molecule has 0 spiro atoms. The third-order valence-electron chi connectivity index (χ3n) is 9.58. The highest BCUT2D eigenvalue weighted by Gasteiger charge is 2.58. The van der Waals surface area contributed by atoms with Gasteiger partial charge in [0.25, 0.3) is 0 Å². The molecule has 4 aliphatic carbocycles. The van der Waals surface area contributed by atoms with Gasteiger partial charge in [-0.15, -0.1) is 0 Å². The molecule has 0 radical (unpaired) electrons. The zero-order valence-corrected chi connectivity index (χ0v) is 17.1. The maximum absolute atomic E-state index is 10.2. The Morgan fingerprint density at radius 3 is 2.68 bits per heavy atom. The van der Waals surface area contributed by atoms with Crippen molar-refractivity contribution >= 4 is 0 Å². The van der Waals surface area contributed by atoms with Gasteiger partial charge in [-0.1, -0.05) is 52.2 Å². The molecule has 4 aliphatic rings. The Morgan fingerprint density at radius 2 is 1.92 bits per heavy atom. The lowest BCUT2D eigenvalue weighted by molar-refractivity contribution is -0.0571. The second-order valence-electron chi connectivity index (χ2n) is 10.7. The van der Waals surface area contributed by atoms with Crippen LogP contribution >= 0.6 is 0 Å². The first kappa shape index (κ1) is 18.1. The predicted molar refractivity (Wildman–Crippen MR) is 105 cm³/mol. The highest BCUT2D eigenvalue weighted by molar-refractivity contribution is 5.25. The highest BCUT2D eigenvalue weighted by atomic mass is 16.3. The molecule has 1 nitrogen and oxygen atoms in total.